The van der Waals surface area contributed by atoms with E-state index < -0.39 is 42.1 Å². The number of benzene rings is 2. The van der Waals surface area contributed by atoms with E-state index in [9.17, 15) is 9.59 Å². The highest BCUT2D eigenvalue weighted by Gasteiger charge is 2.74. The van der Waals surface area contributed by atoms with Gasteiger partial charge in [-0.1, -0.05) is 36.4 Å². The highest BCUT2D eigenvalue weighted by molar-refractivity contribution is 5.90. The van der Waals surface area contributed by atoms with Crippen molar-refractivity contribution in [2.24, 2.45) is 0 Å². The van der Waals surface area contributed by atoms with Gasteiger partial charge in [-0.15, -0.1) is 0 Å². The number of carbonyl (C=O) groups is 2. The summed E-state index contributed by atoms with van der Waals surface area (Å²) >= 11 is 0. The van der Waals surface area contributed by atoms with Crippen LogP contribution in [0, 0.1) is 0 Å². The van der Waals surface area contributed by atoms with E-state index in [2.05, 4.69) is 9.97 Å². The molecule has 2 fully saturated rings. The Kier molecular flexibility index (Phi) is 5.18. The van der Waals surface area contributed by atoms with Crippen molar-refractivity contribution in [3.63, 3.8) is 0 Å². The Labute approximate surface area is 204 Å². The molecule has 2 N–H and O–H groups in total. The van der Waals surface area contributed by atoms with Gasteiger partial charge in [-0.25, -0.2) is 23.9 Å². The van der Waals surface area contributed by atoms with Gasteiger partial charge in [0.25, 0.3) is 0 Å². The van der Waals surface area contributed by atoms with Crippen molar-refractivity contribution in [3.05, 3.63) is 90.4 Å². The molecule has 1 saturated heterocycles. The molecule has 182 valence electrons. The standard InChI is InChI=1S/C26H21FN4O5/c27-19-21(35-25(33)16-9-5-2-6-10-16)26(13-18(26)34-24(32)15-7-3-1-4-8-15)36-23(19)31-14-30-20-17(28)11-12-29-22(20)31/h1-12,14,18-19,21,23H,13H2,(H2,28,29)/t18?,19-,21-,23+,26?/m0/s1. The summed E-state index contributed by atoms with van der Waals surface area (Å²) in [6.45, 7) is 0. The fraction of sp³-hybridized carbons (Fsp3) is 0.231. The molecular formula is C26H21FN4O5. The van der Waals surface area contributed by atoms with Crippen LogP contribution in [0.15, 0.2) is 79.3 Å². The maximum absolute atomic E-state index is 16.0. The summed E-state index contributed by atoms with van der Waals surface area (Å²) in [5, 5.41) is 0. The molecule has 2 aliphatic rings. The maximum Gasteiger partial charge on any atom is 0.338 e. The second kappa shape index (κ2) is 8.42. The Hall–Kier alpha value is -4.31. The lowest BCUT2D eigenvalue weighted by atomic mass is 10.1. The molecule has 36 heavy (non-hydrogen) atoms. The lowest BCUT2D eigenvalue weighted by Gasteiger charge is -2.20. The molecule has 3 heterocycles. The third-order valence-corrected chi connectivity index (χ3v) is 6.54. The molecule has 9 nitrogen and oxygen atoms in total. The summed E-state index contributed by atoms with van der Waals surface area (Å²) in [4.78, 5) is 34.0. The number of nitrogens with zero attached hydrogens (tertiary/aromatic N) is 3. The Morgan fingerprint density at radius 2 is 1.61 bits per heavy atom. The lowest BCUT2D eigenvalue weighted by Crippen LogP contribution is -2.38. The average Bonchev–Trinajstić information content (AvgIpc) is 3.27. The van der Waals surface area contributed by atoms with Crippen molar-refractivity contribution in [1.82, 2.24) is 14.5 Å². The number of alkyl halides is 1. The van der Waals surface area contributed by atoms with Gasteiger partial charge in [0.1, 0.15) is 11.6 Å². The van der Waals surface area contributed by atoms with Crippen molar-refractivity contribution in [1.29, 1.82) is 0 Å². The molecule has 0 amide bonds. The summed E-state index contributed by atoms with van der Waals surface area (Å²) in [5.41, 5.74) is 6.36. The number of fused-ring (bicyclic) bond motifs is 1. The molecule has 2 aromatic heterocycles. The molecule has 2 unspecified atom stereocenters. The minimum Gasteiger partial charge on any atom is -0.455 e. The van der Waals surface area contributed by atoms with E-state index in [0.29, 0.717) is 22.4 Å². The van der Waals surface area contributed by atoms with E-state index in [1.807, 2.05) is 0 Å². The molecule has 1 saturated carbocycles. The largest absolute Gasteiger partial charge is 0.455 e. The van der Waals surface area contributed by atoms with Gasteiger partial charge in [-0.2, -0.15) is 0 Å². The zero-order valence-corrected chi connectivity index (χ0v) is 18.9. The Morgan fingerprint density at radius 3 is 2.28 bits per heavy atom. The maximum atomic E-state index is 16.0. The zero-order chi connectivity index (χ0) is 24.9. The quantitative estimate of drug-likeness (QED) is 0.424. The van der Waals surface area contributed by atoms with E-state index >= 15 is 4.39 Å². The number of pyridine rings is 1. The first-order valence-electron chi connectivity index (χ1n) is 11.4. The average molecular weight is 488 g/mol. The van der Waals surface area contributed by atoms with Gasteiger partial charge in [-0.3, -0.25) is 4.57 Å². The number of ether oxygens (including phenoxy) is 3. The number of nitrogen functional groups attached to an aromatic ring is 1. The highest BCUT2D eigenvalue weighted by Crippen LogP contribution is 2.57. The molecule has 1 aliphatic carbocycles. The van der Waals surface area contributed by atoms with Gasteiger partial charge in [0.15, 0.2) is 29.8 Å². The minimum absolute atomic E-state index is 0.164. The molecule has 10 heteroatoms. The van der Waals surface area contributed by atoms with Crippen molar-refractivity contribution in [2.75, 3.05) is 5.73 Å². The number of hydrogen-bond donors (Lipinski definition) is 1. The van der Waals surface area contributed by atoms with Crippen LogP contribution in [-0.2, 0) is 14.2 Å². The lowest BCUT2D eigenvalue weighted by molar-refractivity contribution is -0.0684. The van der Waals surface area contributed by atoms with Gasteiger partial charge in [0.05, 0.1) is 23.1 Å². The molecule has 0 radical (unpaired) electrons. The molecule has 4 aromatic rings. The smallest absolute Gasteiger partial charge is 0.338 e. The third-order valence-electron chi connectivity index (χ3n) is 6.54. The first-order chi connectivity index (χ1) is 17.5. The summed E-state index contributed by atoms with van der Waals surface area (Å²) in [6, 6.07) is 18.3. The molecule has 5 atom stereocenters. The number of anilines is 1. The summed E-state index contributed by atoms with van der Waals surface area (Å²) in [7, 11) is 0. The summed E-state index contributed by atoms with van der Waals surface area (Å²) < 4.78 is 34.9. The van der Waals surface area contributed by atoms with Crippen molar-refractivity contribution >= 4 is 28.8 Å². The zero-order valence-electron chi connectivity index (χ0n) is 18.9. The Balaban J connectivity index is 1.32. The summed E-state index contributed by atoms with van der Waals surface area (Å²) in [6.07, 6.45) is -2.12. The van der Waals surface area contributed by atoms with Crippen LogP contribution < -0.4 is 5.73 Å². The highest BCUT2D eigenvalue weighted by atomic mass is 19.1. The van der Waals surface area contributed by atoms with E-state index in [0.717, 1.165) is 0 Å². The van der Waals surface area contributed by atoms with Crippen LogP contribution in [0.2, 0.25) is 0 Å². The first kappa shape index (κ1) is 22.2. The van der Waals surface area contributed by atoms with E-state index in [4.69, 9.17) is 19.9 Å². The summed E-state index contributed by atoms with van der Waals surface area (Å²) in [5.74, 6) is -1.28. The third kappa shape index (κ3) is 3.57. The van der Waals surface area contributed by atoms with Crippen molar-refractivity contribution in [3.8, 4) is 0 Å². The SMILES string of the molecule is Nc1ccnc2c1ncn2[C@@H]1OC2(CC2OC(=O)c2ccccc2)[C@@H](OC(=O)c2ccccc2)[C@@H]1F. The van der Waals surface area contributed by atoms with Crippen molar-refractivity contribution in [2.45, 2.75) is 36.6 Å². The van der Waals surface area contributed by atoms with Gasteiger partial charge in [0.2, 0.25) is 0 Å². The first-order valence-corrected chi connectivity index (χ1v) is 11.4. The van der Waals surface area contributed by atoms with E-state index in [-0.39, 0.29) is 12.0 Å². The van der Waals surface area contributed by atoms with Crippen molar-refractivity contribution < 1.29 is 28.2 Å². The number of hydrogen-bond acceptors (Lipinski definition) is 8. The topological polar surface area (TPSA) is 119 Å². The Bertz CT molecular complexity index is 1450. The fourth-order valence-electron chi connectivity index (χ4n) is 4.61. The van der Waals surface area contributed by atoms with Crippen LogP contribution in [0.25, 0.3) is 11.2 Å². The monoisotopic (exact) mass is 488 g/mol. The number of halogens is 1. The molecule has 6 rings (SSSR count). The number of rotatable bonds is 5. The molecule has 0 bridgehead atoms. The number of imidazole rings is 1. The van der Waals surface area contributed by atoms with Gasteiger partial charge in [0, 0.05) is 12.6 Å². The molecular weight excluding hydrogens is 467 g/mol. The minimum atomic E-state index is -1.79. The molecule has 1 spiro atoms. The van der Waals surface area contributed by atoms with Crippen LogP contribution >= 0.6 is 0 Å². The van der Waals surface area contributed by atoms with E-state index in [1.165, 1.54) is 17.1 Å². The normalized spacial score (nSPS) is 26.7. The van der Waals surface area contributed by atoms with Crippen LogP contribution in [-0.4, -0.2) is 50.5 Å². The predicted octanol–water partition coefficient (Wildman–Crippen LogP) is 3.47. The molecule has 1 aliphatic heterocycles. The number of nitrogens with two attached hydrogens (primary N) is 1. The van der Waals surface area contributed by atoms with Crippen LogP contribution in [0.1, 0.15) is 33.4 Å². The van der Waals surface area contributed by atoms with Gasteiger partial charge in [-0.05, 0) is 30.3 Å². The van der Waals surface area contributed by atoms with E-state index in [1.54, 1.807) is 66.7 Å². The van der Waals surface area contributed by atoms with Crippen LogP contribution in [0.3, 0.4) is 0 Å². The van der Waals surface area contributed by atoms with Crippen LogP contribution in [0.5, 0.6) is 0 Å². The second-order valence-electron chi connectivity index (χ2n) is 8.79. The fourth-order valence-corrected chi connectivity index (χ4v) is 4.61. The second-order valence-corrected chi connectivity index (χ2v) is 8.79. The number of aromatic nitrogens is 3. The van der Waals surface area contributed by atoms with Crippen LogP contribution in [0.4, 0.5) is 10.1 Å². The van der Waals surface area contributed by atoms with Gasteiger partial charge < -0.3 is 19.9 Å². The predicted molar refractivity (Wildman–Crippen MR) is 126 cm³/mol. The number of esters is 2. The Morgan fingerprint density at radius 1 is 0.972 bits per heavy atom. The number of carbonyl (C=O) groups excluding carboxylic acids is 2. The van der Waals surface area contributed by atoms with Gasteiger partial charge >= 0.3 is 11.9 Å². The molecule has 2 aromatic carbocycles.